The molecule has 0 spiro atoms. The highest BCUT2D eigenvalue weighted by atomic mass is 35.5. The standard InChI is InChI=1S/C21H22ClN3O2S/c1-13-7-6-10-25(11-13)18-16-14(2)17(28-19(16)24-21(22)23-18)20(26)27-12-15-8-4-3-5-9-15/h3-5,8-9,13H,6-7,10-12H2,1-2H3. The summed E-state index contributed by atoms with van der Waals surface area (Å²) in [6.07, 6.45) is 2.34. The predicted molar refractivity (Wildman–Crippen MR) is 113 cm³/mol. The molecule has 1 aromatic carbocycles. The molecule has 146 valence electrons. The third-order valence-corrected chi connectivity index (χ3v) is 6.43. The highest BCUT2D eigenvalue weighted by molar-refractivity contribution is 7.20. The molecule has 1 atom stereocenters. The van der Waals surface area contributed by atoms with Crippen molar-refractivity contribution >= 4 is 44.9 Å². The number of carbonyl (C=O) groups excluding carboxylic acids is 1. The maximum Gasteiger partial charge on any atom is 0.349 e. The summed E-state index contributed by atoms with van der Waals surface area (Å²) in [6.45, 7) is 6.31. The Balaban J connectivity index is 1.66. The van der Waals surface area contributed by atoms with Gasteiger partial charge in [-0.25, -0.2) is 9.78 Å². The lowest BCUT2D eigenvalue weighted by Crippen LogP contribution is -2.35. The van der Waals surface area contributed by atoms with E-state index in [4.69, 9.17) is 16.3 Å². The summed E-state index contributed by atoms with van der Waals surface area (Å²) >= 11 is 7.53. The van der Waals surface area contributed by atoms with Crippen molar-refractivity contribution in [2.75, 3.05) is 18.0 Å². The fourth-order valence-electron chi connectivity index (χ4n) is 3.69. The van der Waals surface area contributed by atoms with Crippen LogP contribution >= 0.6 is 22.9 Å². The van der Waals surface area contributed by atoms with Crippen LogP contribution in [0.25, 0.3) is 10.2 Å². The highest BCUT2D eigenvalue weighted by Gasteiger charge is 2.26. The third-order valence-electron chi connectivity index (χ3n) is 5.10. The molecule has 0 amide bonds. The van der Waals surface area contributed by atoms with Crippen LogP contribution in [-0.2, 0) is 11.3 Å². The maximum atomic E-state index is 12.7. The van der Waals surface area contributed by atoms with Gasteiger partial charge in [0.1, 0.15) is 22.1 Å². The Morgan fingerprint density at radius 2 is 2.11 bits per heavy atom. The Hall–Kier alpha value is -2.18. The molecule has 0 N–H and O–H groups in total. The van der Waals surface area contributed by atoms with Crippen molar-refractivity contribution in [3.63, 3.8) is 0 Å². The minimum Gasteiger partial charge on any atom is -0.457 e. The van der Waals surface area contributed by atoms with E-state index in [-0.39, 0.29) is 17.9 Å². The summed E-state index contributed by atoms with van der Waals surface area (Å²) in [7, 11) is 0. The first-order chi connectivity index (χ1) is 13.5. The lowest BCUT2D eigenvalue weighted by atomic mass is 10.00. The van der Waals surface area contributed by atoms with E-state index in [0.29, 0.717) is 10.8 Å². The number of aryl methyl sites for hydroxylation is 1. The number of rotatable bonds is 4. The van der Waals surface area contributed by atoms with Crippen LogP contribution < -0.4 is 4.90 Å². The molecule has 2 aromatic heterocycles. The molecule has 1 aliphatic rings. The van der Waals surface area contributed by atoms with Crippen LogP contribution in [-0.4, -0.2) is 29.0 Å². The summed E-state index contributed by atoms with van der Waals surface area (Å²) < 4.78 is 5.53. The maximum absolute atomic E-state index is 12.7. The van der Waals surface area contributed by atoms with Gasteiger partial charge < -0.3 is 9.64 Å². The summed E-state index contributed by atoms with van der Waals surface area (Å²) in [5, 5.41) is 1.13. The summed E-state index contributed by atoms with van der Waals surface area (Å²) in [6, 6.07) is 9.67. The van der Waals surface area contributed by atoms with Gasteiger partial charge >= 0.3 is 5.97 Å². The topological polar surface area (TPSA) is 55.3 Å². The zero-order valence-corrected chi connectivity index (χ0v) is 17.5. The van der Waals surface area contributed by atoms with E-state index in [1.807, 2.05) is 37.3 Å². The van der Waals surface area contributed by atoms with Gasteiger partial charge in [-0.2, -0.15) is 4.98 Å². The number of hydrogen-bond donors (Lipinski definition) is 0. The van der Waals surface area contributed by atoms with Gasteiger partial charge in [-0.15, -0.1) is 11.3 Å². The monoisotopic (exact) mass is 415 g/mol. The van der Waals surface area contributed by atoms with Crippen molar-refractivity contribution < 1.29 is 9.53 Å². The number of piperidine rings is 1. The van der Waals surface area contributed by atoms with Crippen LogP contribution in [0.5, 0.6) is 0 Å². The van der Waals surface area contributed by atoms with E-state index < -0.39 is 0 Å². The van der Waals surface area contributed by atoms with Crippen molar-refractivity contribution in [3.8, 4) is 0 Å². The van der Waals surface area contributed by atoms with E-state index >= 15 is 0 Å². The Kier molecular flexibility index (Phi) is 5.51. The second-order valence-corrected chi connectivity index (χ2v) is 8.64. The van der Waals surface area contributed by atoms with Gasteiger partial charge in [-0.05, 0) is 48.4 Å². The number of fused-ring (bicyclic) bond motifs is 1. The van der Waals surface area contributed by atoms with Gasteiger partial charge in [-0.1, -0.05) is 37.3 Å². The minimum atomic E-state index is -0.335. The number of halogens is 1. The molecule has 28 heavy (non-hydrogen) atoms. The fourth-order valence-corrected chi connectivity index (χ4v) is 4.97. The average molecular weight is 416 g/mol. The zero-order valence-electron chi connectivity index (χ0n) is 15.9. The van der Waals surface area contributed by atoms with Crippen LogP contribution in [0.1, 0.15) is 40.6 Å². The smallest absolute Gasteiger partial charge is 0.349 e. The Labute approximate surface area is 173 Å². The predicted octanol–water partition coefficient (Wildman–Crippen LogP) is 5.25. The van der Waals surface area contributed by atoms with Crippen LogP contribution in [0.2, 0.25) is 5.28 Å². The van der Waals surface area contributed by atoms with Crippen molar-refractivity contribution in [2.24, 2.45) is 5.92 Å². The molecule has 0 saturated carbocycles. The molecule has 7 heteroatoms. The van der Waals surface area contributed by atoms with Gasteiger partial charge in [0.05, 0.1) is 5.39 Å². The molecule has 0 bridgehead atoms. The van der Waals surface area contributed by atoms with Crippen LogP contribution in [0.3, 0.4) is 0 Å². The van der Waals surface area contributed by atoms with Gasteiger partial charge in [0.15, 0.2) is 0 Å². The fraction of sp³-hybridized carbons (Fsp3) is 0.381. The number of benzene rings is 1. The molecule has 1 aliphatic heterocycles. The second-order valence-electron chi connectivity index (χ2n) is 7.31. The molecule has 3 aromatic rings. The molecule has 1 fully saturated rings. The molecule has 1 unspecified atom stereocenters. The lowest BCUT2D eigenvalue weighted by Gasteiger charge is -2.32. The summed E-state index contributed by atoms with van der Waals surface area (Å²) in [4.78, 5) is 25.2. The third kappa shape index (κ3) is 3.84. The Bertz CT molecular complexity index is 1010. The van der Waals surface area contributed by atoms with Crippen molar-refractivity contribution in [1.29, 1.82) is 0 Å². The summed E-state index contributed by atoms with van der Waals surface area (Å²) in [5.74, 6) is 1.10. The number of hydrogen-bond acceptors (Lipinski definition) is 6. The lowest BCUT2D eigenvalue weighted by molar-refractivity contribution is 0.0478. The van der Waals surface area contributed by atoms with E-state index in [0.717, 1.165) is 46.7 Å². The van der Waals surface area contributed by atoms with Crippen molar-refractivity contribution in [1.82, 2.24) is 9.97 Å². The van der Waals surface area contributed by atoms with E-state index in [2.05, 4.69) is 21.8 Å². The first-order valence-corrected chi connectivity index (χ1v) is 10.6. The van der Waals surface area contributed by atoms with E-state index in [1.54, 1.807) is 0 Å². The van der Waals surface area contributed by atoms with Crippen LogP contribution in [0.4, 0.5) is 5.82 Å². The molecule has 1 saturated heterocycles. The average Bonchev–Trinajstić information content (AvgIpc) is 3.02. The van der Waals surface area contributed by atoms with Gasteiger partial charge in [-0.3, -0.25) is 0 Å². The van der Waals surface area contributed by atoms with Gasteiger partial charge in [0, 0.05) is 13.1 Å². The Morgan fingerprint density at radius 1 is 1.32 bits per heavy atom. The molecule has 0 aliphatic carbocycles. The number of ether oxygens (including phenoxy) is 1. The second kappa shape index (κ2) is 8.05. The normalized spacial score (nSPS) is 17.1. The molecule has 5 nitrogen and oxygen atoms in total. The number of carbonyl (C=O) groups is 1. The minimum absolute atomic E-state index is 0.214. The van der Waals surface area contributed by atoms with Crippen molar-refractivity contribution in [2.45, 2.75) is 33.3 Å². The number of anilines is 1. The Morgan fingerprint density at radius 3 is 2.86 bits per heavy atom. The van der Waals surface area contributed by atoms with Crippen LogP contribution in [0.15, 0.2) is 30.3 Å². The van der Waals surface area contributed by atoms with E-state index in [9.17, 15) is 4.79 Å². The molecule has 4 rings (SSSR count). The molecule has 3 heterocycles. The number of aromatic nitrogens is 2. The van der Waals surface area contributed by atoms with E-state index in [1.165, 1.54) is 17.8 Å². The molecule has 0 radical (unpaired) electrons. The number of nitrogens with zero attached hydrogens (tertiary/aromatic N) is 3. The quantitative estimate of drug-likeness (QED) is 0.430. The zero-order chi connectivity index (χ0) is 19.7. The number of esters is 1. The molecular weight excluding hydrogens is 394 g/mol. The summed E-state index contributed by atoms with van der Waals surface area (Å²) in [5.41, 5.74) is 1.82. The highest BCUT2D eigenvalue weighted by Crippen LogP contribution is 2.37. The van der Waals surface area contributed by atoms with Gasteiger partial charge in [0.25, 0.3) is 0 Å². The van der Waals surface area contributed by atoms with Crippen molar-refractivity contribution in [3.05, 3.63) is 51.6 Å². The number of thiophene rings is 1. The SMILES string of the molecule is Cc1c(C(=O)OCc2ccccc2)sc2nc(Cl)nc(N3CCCC(C)C3)c12. The molecular formula is C21H22ClN3O2S. The van der Waals surface area contributed by atoms with Gasteiger partial charge in [0.2, 0.25) is 5.28 Å². The first-order valence-electron chi connectivity index (χ1n) is 9.45. The largest absolute Gasteiger partial charge is 0.457 e. The first kappa shape index (κ1) is 19.2. The van der Waals surface area contributed by atoms with Crippen LogP contribution in [0, 0.1) is 12.8 Å².